The maximum atomic E-state index is 13.0. The summed E-state index contributed by atoms with van der Waals surface area (Å²) >= 11 is 0. The number of aliphatic hydroxyl groups is 1. The molecule has 3 aromatic carbocycles. The van der Waals surface area contributed by atoms with Gasteiger partial charge in [0.05, 0.1) is 45.8 Å². The maximum absolute atomic E-state index is 13.0. The van der Waals surface area contributed by atoms with Crippen molar-refractivity contribution in [2.75, 3.05) is 58.6 Å². The number of anilines is 2. The molecule has 3 aromatic rings. The average molecular weight is 607 g/mol. The smallest absolute Gasteiger partial charge is 0.228 e. The van der Waals surface area contributed by atoms with Gasteiger partial charge in [-0.3, -0.25) is 9.69 Å². The second kappa shape index (κ2) is 17.6. The van der Waals surface area contributed by atoms with Gasteiger partial charge in [-0.15, -0.1) is 0 Å². The molecule has 0 spiro atoms. The average Bonchev–Trinajstić information content (AvgIpc) is 3.06. The van der Waals surface area contributed by atoms with Crippen LogP contribution in [0, 0.1) is 0 Å². The Hall–Kier alpha value is -3.63. The monoisotopic (exact) mass is 606 g/mol. The lowest BCUT2D eigenvalue weighted by Gasteiger charge is -2.25. The standard InChI is InChI=1S/C35H46N2O7/c1-26(39)37(33-12-6-27(24-38)22-35(33)44-21-4-18-40-2)31-9-13-34(41-3)30(23-31)25-42-19-5-20-43-32-10-7-28(8-11-32)29-14-16-36-17-15-29/h6-13,22-23,29,36,38H,4-5,14-21,24-25H2,1-3H3. The lowest BCUT2D eigenvalue weighted by Crippen LogP contribution is -2.26. The summed E-state index contributed by atoms with van der Waals surface area (Å²) in [5, 5.41) is 13.1. The van der Waals surface area contributed by atoms with E-state index in [-0.39, 0.29) is 12.5 Å². The van der Waals surface area contributed by atoms with Gasteiger partial charge in [-0.1, -0.05) is 18.2 Å². The van der Waals surface area contributed by atoms with Gasteiger partial charge >= 0.3 is 0 Å². The van der Waals surface area contributed by atoms with Gasteiger partial charge in [0, 0.05) is 44.7 Å². The van der Waals surface area contributed by atoms with Crippen molar-refractivity contribution in [3.05, 3.63) is 77.4 Å². The van der Waals surface area contributed by atoms with Gasteiger partial charge in [0.15, 0.2) is 0 Å². The Morgan fingerprint density at radius 1 is 0.886 bits per heavy atom. The summed E-state index contributed by atoms with van der Waals surface area (Å²) in [6.45, 7) is 5.90. The van der Waals surface area contributed by atoms with Crippen LogP contribution in [0.1, 0.15) is 55.2 Å². The van der Waals surface area contributed by atoms with Crippen LogP contribution in [0.25, 0.3) is 0 Å². The molecule has 9 heteroatoms. The molecule has 1 saturated heterocycles. The van der Waals surface area contributed by atoms with E-state index in [2.05, 4.69) is 29.6 Å². The number of hydrogen-bond donors (Lipinski definition) is 2. The first kappa shape index (κ1) is 33.3. The fraction of sp³-hybridized carbons (Fsp3) is 0.457. The predicted octanol–water partition coefficient (Wildman–Crippen LogP) is 5.74. The van der Waals surface area contributed by atoms with Crippen molar-refractivity contribution in [1.29, 1.82) is 0 Å². The van der Waals surface area contributed by atoms with Gasteiger partial charge in [-0.05, 0) is 85.4 Å². The molecule has 0 aliphatic carbocycles. The third kappa shape index (κ3) is 9.43. The highest BCUT2D eigenvalue weighted by molar-refractivity contribution is 6.00. The molecular weight excluding hydrogens is 560 g/mol. The van der Waals surface area contributed by atoms with E-state index in [1.165, 1.54) is 25.3 Å². The van der Waals surface area contributed by atoms with E-state index in [1.54, 1.807) is 37.3 Å². The van der Waals surface area contributed by atoms with Crippen molar-refractivity contribution in [3.8, 4) is 17.2 Å². The Bertz CT molecular complexity index is 1310. The van der Waals surface area contributed by atoms with Crippen LogP contribution in [0.2, 0.25) is 0 Å². The number of nitrogens with zero attached hydrogens (tertiary/aromatic N) is 1. The van der Waals surface area contributed by atoms with E-state index in [9.17, 15) is 9.90 Å². The lowest BCUT2D eigenvalue weighted by molar-refractivity contribution is -0.115. The highest BCUT2D eigenvalue weighted by atomic mass is 16.5. The van der Waals surface area contributed by atoms with Crippen molar-refractivity contribution in [2.45, 2.75) is 51.7 Å². The van der Waals surface area contributed by atoms with E-state index in [1.807, 2.05) is 18.2 Å². The fourth-order valence-corrected chi connectivity index (χ4v) is 5.37. The summed E-state index contributed by atoms with van der Waals surface area (Å²) in [7, 11) is 3.26. The molecule has 1 fully saturated rings. The highest BCUT2D eigenvalue weighted by Crippen LogP contribution is 2.37. The van der Waals surface area contributed by atoms with E-state index < -0.39 is 0 Å². The molecule has 0 saturated carbocycles. The normalized spacial score (nSPS) is 13.5. The van der Waals surface area contributed by atoms with E-state index in [0.717, 1.165) is 30.8 Å². The lowest BCUT2D eigenvalue weighted by atomic mass is 9.90. The summed E-state index contributed by atoms with van der Waals surface area (Å²) in [6.07, 6.45) is 3.79. The second-order valence-corrected chi connectivity index (χ2v) is 10.9. The number of carbonyl (C=O) groups is 1. The Morgan fingerprint density at radius 2 is 1.64 bits per heavy atom. The number of nitrogens with one attached hydrogen (secondary N) is 1. The van der Waals surface area contributed by atoms with Crippen LogP contribution >= 0.6 is 0 Å². The van der Waals surface area contributed by atoms with Crippen molar-refractivity contribution < 1.29 is 33.6 Å². The number of carbonyl (C=O) groups excluding carboxylic acids is 1. The number of ether oxygens (including phenoxy) is 5. The Labute approximate surface area is 261 Å². The van der Waals surface area contributed by atoms with Crippen LogP contribution in [0.3, 0.4) is 0 Å². The van der Waals surface area contributed by atoms with Crippen molar-refractivity contribution >= 4 is 17.3 Å². The zero-order valence-electron chi connectivity index (χ0n) is 26.2. The van der Waals surface area contributed by atoms with Gasteiger partial charge in [-0.25, -0.2) is 0 Å². The van der Waals surface area contributed by atoms with Crippen LogP contribution in [0.5, 0.6) is 17.2 Å². The predicted molar refractivity (Wildman–Crippen MR) is 171 cm³/mol. The zero-order valence-corrected chi connectivity index (χ0v) is 26.2. The third-order valence-corrected chi connectivity index (χ3v) is 7.69. The summed E-state index contributed by atoms with van der Waals surface area (Å²) in [4.78, 5) is 14.6. The second-order valence-electron chi connectivity index (χ2n) is 10.9. The summed E-state index contributed by atoms with van der Waals surface area (Å²) < 4.78 is 28.7. The molecule has 44 heavy (non-hydrogen) atoms. The van der Waals surface area contributed by atoms with E-state index in [4.69, 9.17) is 23.7 Å². The minimum atomic E-state index is -0.179. The molecule has 2 N–H and O–H groups in total. The molecule has 0 aromatic heterocycles. The topological polar surface area (TPSA) is 98.7 Å². The number of benzene rings is 3. The molecule has 1 aliphatic rings. The summed E-state index contributed by atoms with van der Waals surface area (Å²) in [5.41, 5.74) is 4.15. The number of methoxy groups -OCH3 is 2. The van der Waals surface area contributed by atoms with Crippen LogP contribution in [-0.4, -0.2) is 64.8 Å². The molecule has 9 nitrogen and oxygen atoms in total. The van der Waals surface area contributed by atoms with Gasteiger partial charge in [0.2, 0.25) is 5.91 Å². The SMILES string of the molecule is COCCCOc1cc(CO)ccc1N(C(C)=O)c1ccc(OC)c(COCCCOc2ccc(C3CCNCC3)cc2)c1. The van der Waals surface area contributed by atoms with Crippen molar-refractivity contribution in [1.82, 2.24) is 5.32 Å². The quantitative estimate of drug-likeness (QED) is 0.188. The molecule has 1 heterocycles. The maximum Gasteiger partial charge on any atom is 0.228 e. The summed E-state index contributed by atoms with van der Waals surface area (Å²) in [5.74, 6) is 2.51. The minimum absolute atomic E-state index is 0.130. The first-order valence-corrected chi connectivity index (χ1v) is 15.4. The minimum Gasteiger partial charge on any atom is -0.496 e. The Balaban J connectivity index is 1.35. The van der Waals surface area contributed by atoms with Gasteiger partial charge < -0.3 is 34.1 Å². The molecule has 0 bridgehead atoms. The number of aliphatic hydroxyl groups excluding tert-OH is 1. The molecule has 238 valence electrons. The van der Waals surface area contributed by atoms with Crippen LogP contribution in [0.4, 0.5) is 11.4 Å². The van der Waals surface area contributed by atoms with Gasteiger partial charge in [0.1, 0.15) is 17.2 Å². The third-order valence-electron chi connectivity index (χ3n) is 7.69. The van der Waals surface area contributed by atoms with E-state index >= 15 is 0 Å². The first-order valence-electron chi connectivity index (χ1n) is 15.4. The molecule has 0 atom stereocenters. The molecule has 1 aliphatic heterocycles. The van der Waals surface area contributed by atoms with Gasteiger partial charge in [0.25, 0.3) is 0 Å². The number of hydrogen-bond acceptors (Lipinski definition) is 8. The largest absolute Gasteiger partial charge is 0.496 e. The molecule has 4 rings (SSSR count). The Kier molecular flexibility index (Phi) is 13.3. The van der Waals surface area contributed by atoms with Crippen LogP contribution in [-0.2, 0) is 27.5 Å². The number of piperidine rings is 1. The van der Waals surface area contributed by atoms with Crippen molar-refractivity contribution in [2.24, 2.45) is 0 Å². The van der Waals surface area contributed by atoms with Crippen LogP contribution < -0.4 is 24.4 Å². The highest BCUT2D eigenvalue weighted by Gasteiger charge is 2.21. The molecule has 0 radical (unpaired) electrons. The first-order chi connectivity index (χ1) is 21.5. The van der Waals surface area contributed by atoms with Gasteiger partial charge in [-0.2, -0.15) is 0 Å². The number of rotatable bonds is 17. The molecule has 1 amide bonds. The molecular formula is C35H46N2O7. The zero-order chi connectivity index (χ0) is 31.1. The van der Waals surface area contributed by atoms with Crippen molar-refractivity contribution in [3.63, 3.8) is 0 Å². The Morgan fingerprint density at radius 3 is 2.34 bits per heavy atom. The van der Waals surface area contributed by atoms with E-state index in [0.29, 0.717) is 73.8 Å². The number of amides is 1. The summed E-state index contributed by atoms with van der Waals surface area (Å²) in [6, 6.07) is 19.4. The molecule has 0 unspecified atom stereocenters. The fourth-order valence-electron chi connectivity index (χ4n) is 5.37. The van der Waals surface area contributed by atoms with Crippen LogP contribution in [0.15, 0.2) is 60.7 Å².